The van der Waals surface area contributed by atoms with Gasteiger partial charge < -0.3 is 15.4 Å². The Hall–Kier alpha value is -1.56. The second-order valence-corrected chi connectivity index (χ2v) is 5.57. The number of rotatable bonds is 5. The molecular formula is C15H26N4O2. The minimum Gasteiger partial charge on any atom is -0.395 e. The summed E-state index contributed by atoms with van der Waals surface area (Å²) >= 11 is 0. The van der Waals surface area contributed by atoms with Crippen LogP contribution in [0.1, 0.15) is 49.3 Å². The van der Waals surface area contributed by atoms with Gasteiger partial charge in [-0.3, -0.25) is 9.48 Å². The van der Waals surface area contributed by atoms with Crippen molar-refractivity contribution < 1.29 is 9.53 Å². The normalized spacial score (nSPS) is 19.0. The number of carbonyl (C=O) groups excluding carboxylic acids is 1. The molecule has 1 aliphatic heterocycles. The number of anilines is 1. The Kier molecular flexibility index (Phi) is 5.22. The van der Waals surface area contributed by atoms with Crippen LogP contribution < -0.4 is 5.73 Å². The van der Waals surface area contributed by atoms with Crippen LogP contribution in [0, 0.1) is 0 Å². The van der Waals surface area contributed by atoms with E-state index in [1.54, 1.807) is 11.7 Å². The molecule has 0 aliphatic carbocycles. The third-order valence-corrected chi connectivity index (χ3v) is 3.92. The van der Waals surface area contributed by atoms with Gasteiger partial charge >= 0.3 is 0 Å². The zero-order valence-electron chi connectivity index (χ0n) is 13.3. The van der Waals surface area contributed by atoms with E-state index in [1.165, 1.54) is 0 Å². The van der Waals surface area contributed by atoms with Crippen LogP contribution in [0.25, 0.3) is 0 Å². The van der Waals surface area contributed by atoms with E-state index in [0.717, 1.165) is 44.5 Å². The minimum atomic E-state index is -0.0352. The van der Waals surface area contributed by atoms with E-state index in [-0.39, 0.29) is 12.0 Å². The van der Waals surface area contributed by atoms with Crippen molar-refractivity contribution in [3.8, 4) is 0 Å². The summed E-state index contributed by atoms with van der Waals surface area (Å²) in [6.45, 7) is 6.24. The van der Waals surface area contributed by atoms with Crippen molar-refractivity contribution >= 4 is 11.6 Å². The van der Waals surface area contributed by atoms with E-state index < -0.39 is 0 Å². The summed E-state index contributed by atoms with van der Waals surface area (Å²) in [5, 5.41) is 4.33. The summed E-state index contributed by atoms with van der Waals surface area (Å²) in [5.74, 6) is -0.0352. The van der Waals surface area contributed by atoms with Gasteiger partial charge in [0.1, 0.15) is 5.69 Å². The molecule has 1 unspecified atom stereocenters. The van der Waals surface area contributed by atoms with Gasteiger partial charge in [-0.1, -0.05) is 13.8 Å². The number of piperidine rings is 1. The van der Waals surface area contributed by atoms with Crippen LogP contribution in [-0.4, -0.2) is 46.4 Å². The minimum absolute atomic E-state index is 0.0352. The number of nitrogen functional groups attached to an aromatic ring is 1. The molecule has 1 amide bonds. The molecule has 1 fully saturated rings. The van der Waals surface area contributed by atoms with Crippen molar-refractivity contribution in [1.29, 1.82) is 0 Å². The van der Waals surface area contributed by atoms with Crippen molar-refractivity contribution in [2.24, 2.45) is 7.05 Å². The summed E-state index contributed by atoms with van der Waals surface area (Å²) in [4.78, 5) is 14.6. The largest absolute Gasteiger partial charge is 0.395 e. The fraction of sp³-hybridized carbons (Fsp3) is 0.733. The number of carbonyl (C=O) groups is 1. The second kappa shape index (κ2) is 6.93. The lowest BCUT2D eigenvalue weighted by Crippen LogP contribution is -2.44. The highest BCUT2D eigenvalue weighted by molar-refractivity contribution is 5.98. The first-order chi connectivity index (χ1) is 10.1. The van der Waals surface area contributed by atoms with Gasteiger partial charge in [-0.2, -0.15) is 5.10 Å². The van der Waals surface area contributed by atoms with Gasteiger partial charge in [-0.05, 0) is 25.7 Å². The maximum absolute atomic E-state index is 12.7. The topological polar surface area (TPSA) is 73.4 Å². The Balaban J connectivity index is 2.10. The van der Waals surface area contributed by atoms with Crippen LogP contribution in [-0.2, 0) is 18.2 Å². The summed E-state index contributed by atoms with van der Waals surface area (Å²) in [6, 6.07) is 0. The first-order valence-electron chi connectivity index (χ1n) is 7.80. The monoisotopic (exact) mass is 294 g/mol. The van der Waals surface area contributed by atoms with Gasteiger partial charge in [0.05, 0.1) is 17.5 Å². The molecule has 0 spiro atoms. The third-order valence-electron chi connectivity index (χ3n) is 3.92. The van der Waals surface area contributed by atoms with Crippen LogP contribution >= 0.6 is 0 Å². The highest BCUT2D eigenvalue weighted by Gasteiger charge is 2.28. The lowest BCUT2D eigenvalue weighted by Gasteiger charge is -2.32. The molecular weight excluding hydrogens is 268 g/mol. The molecule has 1 saturated heterocycles. The average molecular weight is 294 g/mol. The number of likely N-dealkylation sites (tertiary alicyclic amines) is 1. The van der Waals surface area contributed by atoms with Crippen LogP contribution in [0.5, 0.6) is 0 Å². The molecule has 1 aromatic heterocycles. The first-order valence-corrected chi connectivity index (χ1v) is 7.80. The fourth-order valence-corrected chi connectivity index (χ4v) is 2.80. The number of amides is 1. The van der Waals surface area contributed by atoms with Gasteiger partial charge in [0.15, 0.2) is 0 Å². The van der Waals surface area contributed by atoms with Crippen LogP contribution in [0.4, 0.5) is 5.69 Å². The average Bonchev–Trinajstić information content (AvgIpc) is 2.79. The van der Waals surface area contributed by atoms with Crippen molar-refractivity contribution in [2.45, 2.75) is 45.6 Å². The SMILES string of the molecule is CCCOC1CCCN(C(=O)c2c(N)c(CC)nn2C)C1. The van der Waals surface area contributed by atoms with Gasteiger partial charge in [0, 0.05) is 26.7 Å². The standard InChI is InChI=1S/C15H26N4O2/c1-4-9-21-11-7-6-8-19(10-11)15(20)14-13(16)12(5-2)17-18(14)3/h11H,4-10,16H2,1-3H3. The van der Waals surface area contributed by atoms with Crippen molar-refractivity contribution in [3.63, 3.8) is 0 Å². The number of hydrogen-bond acceptors (Lipinski definition) is 4. The van der Waals surface area contributed by atoms with Crippen LogP contribution in [0.3, 0.4) is 0 Å². The molecule has 1 aromatic rings. The molecule has 6 heteroatoms. The van der Waals surface area contributed by atoms with Gasteiger partial charge in [-0.25, -0.2) is 0 Å². The second-order valence-electron chi connectivity index (χ2n) is 5.57. The molecule has 118 valence electrons. The quantitative estimate of drug-likeness (QED) is 0.895. The zero-order valence-corrected chi connectivity index (χ0v) is 13.3. The van der Waals surface area contributed by atoms with E-state index >= 15 is 0 Å². The Morgan fingerprint density at radius 1 is 1.48 bits per heavy atom. The van der Waals surface area contributed by atoms with Crippen molar-refractivity contribution in [3.05, 3.63) is 11.4 Å². The van der Waals surface area contributed by atoms with E-state index in [9.17, 15) is 4.79 Å². The third kappa shape index (κ3) is 3.37. The van der Waals surface area contributed by atoms with E-state index in [2.05, 4.69) is 12.0 Å². The highest BCUT2D eigenvalue weighted by Crippen LogP contribution is 2.22. The summed E-state index contributed by atoms with van der Waals surface area (Å²) in [6.07, 6.45) is 3.86. The molecule has 0 aromatic carbocycles. The number of nitrogens with two attached hydrogens (primary N) is 1. The Morgan fingerprint density at radius 3 is 2.86 bits per heavy atom. The molecule has 1 aliphatic rings. The number of aromatic nitrogens is 2. The maximum atomic E-state index is 12.7. The zero-order chi connectivity index (χ0) is 15.4. The number of aryl methyl sites for hydroxylation is 2. The maximum Gasteiger partial charge on any atom is 0.274 e. The van der Waals surface area contributed by atoms with Crippen LogP contribution in [0.2, 0.25) is 0 Å². The van der Waals surface area contributed by atoms with Gasteiger partial charge in [0.25, 0.3) is 5.91 Å². The molecule has 0 saturated carbocycles. The van der Waals surface area contributed by atoms with Crippen LogP contribution in [0.15, 0.2) is 0 Å². The molecule has 2 N–H and O–H groups in total. The Morgan fingerprint density at radius 2 is 2.24 bits per heavy atom. The number of nitrogens with zero attached hydrogens (tertiary/aromatic N) is 3. The van der Waals surface area contributed by atoms with Gasteiger partial charge in [0.2, 0.25) is 0 Å². The summed E-state index contributed by atoms with van der Waals surface area (Å²) < 4.78 is 7.39. The molecule has 21 heavy (non-hydrogen) atoms. The fourth-order valence-electron chi connectivity index (χ4n) is 2.80. The highest BCUT2D eigenvalue weighted by atomic mass is 16.5. The lowest BCUT2D eigenvalue weighted by molar-refractivity contribution is 0.00180. The molecule has 0 radical (unpaired) electrons. The first kappa shape index (κ1) is 15.8. The molecule has 2 heterocycles. The van der Waals surface area contributed by atoms with E-state index in [4.69, 9.17) is 10.5 Å². The predicted molar refractivity (Wildman–Crippen MR) is 82.2 cm³/mol. The van der Waals surface area contributed by atoms with E-state index in [1.807, 2.05) is 11.8 Å². The summed E-state index contributed by atoms with van der Waals surface area (Å²) in [7, 11) is 1.78. The molecule has 0 bridgehead atoms. The Bertz CT molecular complexity index is 498. The smallest absolute Gasteiger partial charge is 0.274 e. The van der Waals surface area contributed by atoms with Gasteiger partial charge in [-0.15, -0.1) is 0 Å². The molecule has 2 rings (SSSR count). The van der Waals surface area contributed by atoms with Crippen molar-refractivity contribution in [2.75, 3.05) is 25.4 Å². The Labute approximate surface area is 126 Å². The lowest BCUT2D eigenvalue weighted by atomic mass is 10.1. The summed E-state index contributed by atoms with van der Waals surface area (Å²) in [5.41, 5.74) is 7.88. The molecule has 6 nitrogen and oxygen atoms in total. The number of ether oxygens (including phenoxy) is 1. The van der Waals surface area contributed by atoms with Crippen molar-refractivity contribution in [1.82, 2.24) is 14.7 Å². The predicted octanol–water partition coefficient (Wildman–Crippen LogP) is 1.60. The van der Waals surface area contributed by atoms with E-state index in [0.29, 0.717) is 17.9 Å². The molecule has 1 atom stereocenters. The number of hydrogen-bond donors (Lipinski definition) is 1.